The highest BCUT2D eigenvalue weighted by Gasteiger charge is 2.13. The molecular formula is C13H19N5. The minimum Gasteiger partial charge on any atom is -0.357 e. The van der Waals surface area contributed by atoms with Crippen molar-refractivity contribution in [3.8, 4) is 5.82 Å². The van der Waals surface area contributed by atoms with Gasteiger partial charge in [0.05, 0.1) is 5.69 Å². The van der Waals surface area contributed by atoms with E-state index in [9.17, 15) is 0 Å². The lowest BCUT2D eigenvalue weighted by atomic mass is 10.1. The fourth-order valence-corrected chi connectivity index (χ4v) is 2.18. The third kappa shape index (κ3) is 2.08. The van der Waals surface area contributed by atoms with Gasteiger partial charge in [0.25, 0.3) is 0 Å². The van der Waals surface area contributed by atoms with Crippen LogP contribution in [0.1, 0.15) is 29.6 Å². The fourth-order valence-electron chi connectivity index (χ4n) is 2.18. The first-order valence-corrected chi connectivity index (χ1v) is 6.15. The molecule has 96 valence electrons. The summed E-state index contributed by atoms with van der Waals surface area (Å²) in [4.78, 5) is 8.74. The Bertz CT molecular complexity index is 571. The van der Waals surface area contributed by atoms with Crippen LogP contribution < -0.4 is 5.32 Å². The molecule has 2 aromatic heterocycles. The number of aryl methyl sites for hydroxylation is 2. The number of hydrogen-bond acceptors (Lipinski definition) is 4. The van der Waals surface area contributed by atoms with Gasteiger partial charge < -0.3 is 5.32 Å². The van der Waals surface area contributed by atoms with Gasteiger partial charge in [0, 0.05) is 24.5 Å². The van der Waals surface area contributed by atoms with Crippen molar-refractivity contribution in [3.05, 3.63) is 28.7 Å². The van der Waals surface area contributed by atoms with Gasteiger partial charge in [-0.3, -0.25) is 0 Å². The molecule has 0 aliphatic heterocycles. The highest BCUT2D eigenvalue weighted by atomic mass is 15.3. The van der Waals surface area contributed by atoms with Crippen LogP contribution in [0.4, 0.5) is 5.95 Å². The van der Waals surface area contributed by atoms with E-state index in [1.165, 1.54) is 5.56 Å². The first kappa shape index (κ1) is 12.5. The third-order valence-electron chi connectivity index (χ3n) is 3.08. The number of rotatable bonds is 3. The lowest BCUT2D eigenvalue weighted by molar-refractivity contribution is 0.798. The van der Waals surface area contributed by atoms with Crippen molar-refractivity contribution in [2.75, 3.05) is 12.4 Å². The van der Waals surface area contributed by atoms with Crippen LogP contribution >= 0.6 is 0 Å². The summed E-state index contributed by atoms with van der Waals surface area (Å²) in [6, 6.07) is 1.94. The van der Waals surface area contributed by atoms with Gasteiger partial charge in [-0.1, -0.05) is 6.92 Å². The molecule has 5 nitrogen and oxygen atoms in total. The van der Waals surface area contributed by atoms with E-state index in [4.69, 9.17) is 0 Å². The Hall–Kier alpha value is -1.91. The molecule has 0 spiro atoms. The molecule has 2 aromatic rings. The van der Waals surface area contributed by atoms with Crippen molar-refractivity contribution in [1.82, 2.24) is 19.7 Å². The second-order valence-electron chi connectivity index (χ2n) is 4.36. The first-order valence-electron chi connectivity index (χ1n) is 6.15. The van der Waals surface area contributed by atoms with Crippen LogP contribution in [0.5, 0.6) is 0 Å². The Morgan fingerprint density at radius 1 is 1.22 bits per heavy atom. The van der Waals surface area contributed by atoms with Gasteiger partial charge in [-0.15, -0.1) is 0 Å². The topological polar surface area (TPSA) is 55.6 Å². The molecule has 2 rings (SSSR count). The summed E-state index contributed by atoms with van der Waals surface area (Å²) in [6.45, 7) is 8.22. The van der Waals surface area contributed by atoms with Gasteiger partial charge in [0.2, 0.25) is 5.95 Å². The summed E-state index contributed by atoms with van der Waals surface area (Å²) in [5.41, 5.74) is 4.43. The monoisotopic (exact) mass is 245 g/mol. The minimum atomic E-state index is 0.621. The highest BCUT2D eigenvalue weighted by molar-refractivity contribution is 5.37. The van der Waals surface area contributed by atoms with Crippen LogP contribution in [0, 0.1) is 20.8 Å². The molecule has 0 amide bonds. The Kier molecular flexibility index (Phi) is 3.32. The molecule has 0 aliphatic rings. The van der Waals surface area contributed by atoms with Crippen LogP contribution in [0.25, 0.3) is 5.82 Å². The number of nitrogens with one attached hydrogen (secondary N) is 1. The molecule has 0 aliphatic carbocycles. The molecule has 0 saturated carbocycles. The predicted octanol–water partition coefficient (Wildman–Crippen LogP) is 2.19. The molecule has 18 heavy (non-hydrogen) atoms. The molecule has 0 bridgehead atoms. The fraction of sp³-hybridized carbons (Fsp3) is 0.462. The highest BCUT2D eigenvalue weighted by Crippen LogP contribution is 2.18. The largest absolute Gasteiger partial charge is 0.357 e. The Morgan fingerprint density at radius 3 is 2.50 bits per heavy atom. The second kappa shape index (κ2) is 4.76. The third-order valence-corrected chi connectivity index (χ3v) is 3.08. The van der Waals surface area contributed by atoms with Crippen molar-refractivity contribution < 1.29 is 0 Å². The van der Waals surface area contributed by atoms with E-state index in [1.54, 1.807) is 0 Å². The smallest absolute Gasteiger partial charge is 0.224 e. The average Bonchev–Trinajstić information content (AvgIpc) is 2.63. The van der Waals surface area contributed by atoms with Gasteiger partial charge >= 0.3 is 0 Å². The summed E-state index contributed by atoms with van der Waals surface area (Å²) >= 11 is 0. The maximum Gasteiger partial charge on any atom is 0.224 e. The molecule has 0 radical (unpaired) electrons. The maximum absolute atomic E-state index is 4.57. The standard InChI is InChI=1S/C13H19N5/c1-6-11-9(3)17-18(10(11)4)12-7-8(2)15-13(14-5)16-12/h7H,6H2,1-5H3,(H,14,15,16). The minimum absolute atomic E-state index is 0.621. The van der Waals surface area contributed by atoms with E-state index in [2.05, 4.69) is 34.2 Å². The molecule has 0 saturated heterocycles. The van der Waals surface area contributed by atoms with Crippen LogP contribution in [-0.4, -0.2) is 26.8 Å². The van der Waals surface area contributed by atoms with Crippen LogP contribution in [0.2, 0.25) is 0 Å². The number of hydrogen-bond donors (Lipinski definition) is 1. The maximum atomic E-state index is 4.57. The zero-order chi connectivity index (χ0) is 13.3. The van der Waals surface area contributed by atoms with Crippen LogP contribution in [-0.2, 0) is 6.42 Å². The van der Waals surface area contributed by atoms with Crippen molar-refractivity contribution in [3.63, 3.8) is 0 Å². The van der Waals surface area contributed by atoms with Gasteiger partial charge in [-0.25, -0.2) is 9.67 Å². The number of aromatic nitrogens is 4. The van der Waals surface area contributed by atoms with Crippen molar-refractivity contribution >= 4 is 5.95 Å². The normalized spacial score (nSPS) is 10.7. The van der Waals surface area contributed by atoms with Gasteiger partial charge in [-0.2, -0.15) is 10.1 Å². The van der Waals surface area contributed by atoms with E-state index in [0.29, 0.717) is 5.95 Å². The number of anilines is 1. The Morgan fingerprint density at radius 2 is 1.94 bits per heavy atom. The van der Waals surface area contributed by atoms with E-state index in [1.807, 2.05) is 31.6 Å². The van der Waals surface area contributed by atoms with E-state index in [0.717, 1.165) is 29.3 Å². The van der Waals surface area contributed by atoms with E-state index >= 15 is 0 Å². The van der Waals surface area contributed by atoms with Crippen LogP contribution in [0.3, 0.4) is 0 Å². The van der Waals surface area contributed by atoms with E-state index < -0.39 is 0 Å². The van der Waals surface area contributed by atoms with E-state index in [-0.39, 0.29) is 0 Å². The quantitative estimate of drug-likeness (QED) is 0.900. The second-order valence-corrected chi connectivity index (χ2v) is 4.36. The summed E-state index contributed by atoms with van der Waals surface area (Å²) in [6.07, 6.45) is 0.987. The predicted molar refractivity (Wildman–Crippen MR) is 72.3 cm³/mol. The Balaban J connectivity index is 2.58. The number of nitrogens with zero attached hydrogens (tertiary/aromatic N) is 4. The summed E-state index contributed by atoms with van der Waals surface area (Å²) in [5.74, 6) is 1.43. The van der Waals surface area contributed by atoms with Gasteiger partial charge in [0.1, 0.15) is 0 Å². The Labute approximate surface area is 107 Å². The first-order chi connectivity index (χ1) is 8.56. The lowest BCUT2D eigenvalue weighted by Gasteiger charge is -2.07. The van der Waals surface area contributed by atoms with Gasteiger partial charge in [0.15, 0.2) is 5.82 Å². The summed E-state index contributed by atoms with van der Waals surface area (Å²) < 4.78 is 1.89. The molecular weight excluding hydrogens is 226 g/mol. The van der Waals surface area contributed by atoms with Crippen molar-refractivity contribution in [2.45, 2.75) is 34.1 Å². The molecule has 0 unspecified atom stereocenters. The zero-order valence-corrected chi connectivity index (χ0v) is 11.6. The molecule has 5 heteroatoms. The molecule has 0 aromatic carbocycles. The SMILES string of the molecule is CCc1c(C)nn(-c2cc(C)nc(NC)n2)c1C. The van der Waals surface area contributed by atoms with Crippen LogP contribution in [0.15, 0.2) is 6.07 Å². The summed E-state index contributed by atoms with van der Waals surface area (Å²) in [5, 5.41) is 7.54. The average molecular weight is 245 g/mol. The van der Waals surface area contributed by atoms with Crippen molar-refractivity contribution in [2.24, 2.45) is 0 Å². The molecule has 0 fully saturated rings. The molecule has 2 heterocycles. The van der Waals surface area contributed by atoms with Gasteiger partial charge in [-0.05, 0) is 32.8 Å². The lowest BCUT2D eigenvalue weighted by Crippen LogP contribution is -2.07. The summed E-state index contributed by atoms with van der Waals surface area (Å²) in [7, 11) is 1.82. The zero-order valence-electron chi connectivity index (χ0n) is 11.6. The van der Waals surface area contributed by atoms with Crippen molar-refractivity contribution in [1.29, 1.82) is 0 Å². The molecule has 0 atom stereocenters. The molecule has 1 N–H and O–H groups in total.